The molecule has 1 unspecified atom stereocenters. The van der Waals surface area contributed by atoms with Crippen LogP contribution in [0.3, 0.4) is 0 Å². The molecule has 0 bridgehead atoms. The lowest BCUT2D eigenvalue weighted by Gasteiger charge is -2.49. The Bertz CT molecular complexity index is 910. The van der Waals surface area contributed by atoms with E-state index in [1.165, 1.54) is 12.0 Å². The number of amides is 1. The topological polar surface area (TPSA) is 75.3 Å². The summed E-state index contributed by atoms with van der Waals surface area (Å²) in [5.41, 5.74) is 1.24. The van der Waals surface area contributed by atoms with Gasteiger partial charge in [0.05, 0.1) is 4.75 Å². The van der Waals surface area contributed by atoms with E-state index in [2.05, 4.69) is 36.0 Å². The molecule has 0 aromatic heterocycles. The molecule has 0 aliphatic heterocycles. The third-order valence-electron chi connectivity index (χ3n) is 7.58. The minimum Gasteiger partial charge on any atom is -0.352 e. The molecule has 3 rings (SSSR count). The molecule has 1 aromatic rings. The molecule has 7 heteroatoms. The second-order valence-electron chi connectivity index (χ2n) is 11.5. The zero-order valence-corrected chi connectivity index (χ0v) is 22.4. The van der Waals surface area contributed by atoms with Gasteiger partial charge in [-0.1, -0.05) is 44.0 Å². The molecule has 1 atom stereocenters. The molecule has 2 N–H and O–H groups in total. The fourth-order valence-corrected chi connectivity index (χ4v) is 6.39. The van der Waals surface area contributed by atoms with Gasteiger partial charge >= 0.3 is 0 Å². The van der Waals surface area contributed by atoms with Crippen molar-refractivity contribution in [1.82, 2.24) is 10.0 Å². The number of halogens is 1. The van der Waals surface area contributed by atoms with Crippen LogP contribution >= 0.6 is 11.6 Å². The minimum absolute atomic E-state index is 0.0237. The highest BCUT2D eigenvalue weighted by Crippen LogP contribution is 2.48. The predicted octanol–water partition coefficient (Wildman–Crippen LogP) is 5.57. The molecule has 0 spiro atoms. The Labute approximate surface area is 205 Å². The van der Waals surface area contributed by atoms with Gasteiger partial charge in [-0.15, -0.1) is 0 Å². The Balaban J connectivity index is 1.66. The van der Waals surface area contributed by atoms with Crippen molar-refractivity contribution in [2.75, 3.05) is 0 Å². The van der Waals surface area contributed by atoms with Crippen molar-refractivity contribution in [1.29, 1.82) is 0 Å². The number of hydrogen-bond donors (Lipinski definition) is 2. The molecule has 0 saturated heterocycles. The number of benzene rings is 1. The largest absolute Gasteiger partial charge is 0.352 e. The molecule has 2 fully saturated rings. The standard InChI is InChI=1S/C26H41ClN2O3S/c1-18(2)17-23(26(15-6-16-26)20-9-11-21(27)12-10-20)28-24(30)19-7-13-22(14-8-19)29-33(31,32)25(3,4)5/h9-12,18-19,22-23,29H,6-8,13-17H2,1-5H3,(H,28,30). The van der Waals surface area contributed by atoms with Crippen LogP contribution < -0.4 is 10.0 Å². The van der Waals surface area contributed by atoms with E-state index in [4.69, 9.17) is 11.6 Å². The van der Waals surface area contributed by atoms with E-state index < -0.39 is 14.8 Å². The zero-order chi connectivity index (χ0) is 24.4. The summed E-state index contributed by atoms with van der Waals surface area (Å²) in [5.74, 6) is 0.540. The van der Waals surface area contributed by atoms with Crippen LogP contribution in [0.15, 0.2) is 24.3 Å². The van der Waals surface area contributed by atoms with Gasteiger partial charge in [0.2, 0.25) is 15.9 Å². The van der Waals surface area contributed by atoms with E-state index >= 15 is 0 Å². The molecule has 0 heterocycles. The fourth-order valence-electron chi connectivity index (χ4n) is 5.23. The highest BCUT2D eigenvalue weighted by atomic mass is 35.5. The maximum Gasteiger partial charge on any atom is 0.223 e. The monoisotopic (exact) mass is 496 g/mol. The highest BCUT2D eigenvalue weighted by Gasteiger charge is 2.46. The van der Waals surface area contributed by atoms with Crippen LogP contribution in [0.5, 0.6) is 0 Å². The molecule has 33 heavy (non-hydrogen) atoms. The maximum atomic E-state index is 13.3. The van der Waals surface area contributed by atoms with Gasteiger partial charge in [-0.05, 0) is 89.3 Å². The molecule has 186 valence electrons. The van der Waals surface area contributed by atoms with Gasteiger partial charge in [0.15, 0.2) is 0 Å². The third kappa shape index (κ3) is 6.12. The number of rotatable bonds is 8. The van der Waals surface area contributed by atoms with E-state index in [-0.39, 0.29) is 29.3 Å². The molecular formula is C26H41ClN2O3S. The van der Waals surface area contributed by atoms with E-state index in [9.17, 15) is 13.2 Å². The summed E-state index contributed by atoms with van der Waals surface area (Å²) in [7, 11) is -3.38. The Morgan fingerprint density at radius 3 is 2.12 bits per heavy atom. The Morgan fingerprint density at radius 2 is 1.67 bits per heavy atom. The van der Waals surface area contributed by atoms with Gasteiger partial charge < -0.3 is 5.32 Å². The van der Waals surface area contributed by atoms with E-state index in [1.54, 1.807) is 20.8 Å². The molecule has 0 radical (unpaired) electrons. The van der Waals surface area contributed by atoms with Gasteiger partial charge in [0.25, 0.3) is 0 Å². The summed E-state index contributed by atoms with van der Waals surface area (Å²) in [5, 5.41) is 4.18. The predicted molar refractivity (Wildman–Crippen MR) is 136 cm³/mol. The number of sulfonamides is 1. The number of carbonyl (C=O) groups is 1. The molecule has 5 nitrogen and oxygen atoms in total. The third-order valence-corrected chi connectivity index (χ3v) is 10.1. The summed E-state index contributed by atoms with van der Waals surface area (Å²) < 4.78 is 27.0. The first-order valence-electron chi connectivity index (χ1n) is 12.4. The van der Waals surface area contributed by atoms with Crippen LogP contribution in [-0.4, -0.2) is 31.2 Å². The van der Waals surface area contributed by atoms with Crippen LogP contribution in [0.2, 0.25) is 5.02 Å². The van der Waals surface area contributed by atoms with Gasteiger partial charge in [-0.3, -0.25) is 4.79 Å². The highest BCUT2D eigenvalue weighted by molar-refractivity contribution is 7.90. The smallest absolute Gasteiger partial charge is 0.223 e. The first kappa shape index (κ1) is 26.5. The average Bonchev–Trinajstić information content (AvgIpc) is 2.67. The van der Waals surface area contributed by atoms with Gasteiger partial charge in [-0.2, -0.15) is 0 Å². The van der Waals surface area contributed by atoms with Crippen molar-refractivity contribution in [2.24, 2.45) is 11.8 Å². The lowest BCUT2D eigenvalue weighted by Crippen LogP contribution is -2.56. The van der Waals surface area contributed by atoms with E-state index in [1.807, 2.05) is 12.1 Å². The summed E-state index contributed by atoms with van der Waals surface area (Å²) in [4.78, 5) is 13.3. The molecular weight excluding hydrogens is 456 g/mol. The van der Waals surface area contributed by atoms with E-state index in [0.717, 1.165) is 24.3 Å². The van der Waals surface area contributed by atoms with Gasteiger partial charge in [0.1, 0.15) is 0 Å². The zero-order valence-electron chi connectivity index (χ0n) is 20.8. The maximum absolute atomic E-state index is 13.3. The van der Waals surface area contributed by atoms with Crippen molar-refractivity contribution >= 4 is 27.5 Å². The lowest BCUT2D eigenvalue weighted by atomic mass is 9.58. The lowest BCUT2D eigenvalue weighted by molar-refractivity contribution is -0.127. The second-order valence-corrected chi connectivity index (χ2v) is 14.4. The van der Waals surface area contributed by atoms with E-state index in [0.29, 0.717) is 31.6 Å². The Hall–Kier alpha value is -1.11. The molecule has 2 saturated carbocycles. The van der Waals surface area contributed by atoms with Crippen LogP contribution in [0.4, 0.5) is 0 Å². The summed E-state index contributed by atoms with van der Waals surface area (Å²) in [6.45, 7) is 9.54. The quantitative estimate of drug-likeness (QED) is 0.494. The normalized spacial score (nSPS) is 24.2. The number of hydrogen-bond acceptors (Lipinski definition) is 3. The summed E-state index contributed by atoms with van der Waals surface area (Å²) >= 11 is 6.14. The second kappa shape index (κ2) is 10.2. The SMILES string of the molecule is CC(C)CC(NC(=O)C1CCC(NS(=O)(=O)C(C)(C)C)CC1)C1(c2ccc(Cl)cc2)CCC1. The Kier molecular flexibility index (Phi) is 8.23. The molecule has 2 aliphatic rings. The van der Waals surface area contributed by atoms with Crippen LogP contribution in [0.25, 0.3) is 0 Å². The Morgan fingerprint density at radius 1 is 1.09 bits per heavy atom. The first-order chi connectivity index (χ1) is 15.3. The molecule has 1 aromatic carbocycles. The number of carbonyl (C=O) groups excluding carboxylic acids is 1. The molecule has 2 aliphatic carbocycles. The summed E-state index contributed by atoms with van der Waals surface area (Å²) in [6.07, 6.45) is 7.09. The van der Waals surface area contributed by atoms with Gasteiger partial charge in [-0.25, -0.2) is 13.1 Å². The van der Waals surface area contributed by atoms with Gasteiger partial charge in [0, 0.05) is 28.4 Å². The fraction of sp³-hybridized carbons (Fsp3) is 0.731. The van der Waals surface area contributed by atoms with Crippen LogP contribution in [-0.2, 0) is 20.2 Å². The van der Waals surface area contributed by atoms with Crippen molar-refractivity contribution in [3.8, 4) is 0 Å². The average molecular weight is 497 g/mol. The number of nitrogens with one attached hydrogen (secondary N) is 2. The van der Waals surface area contributed by atoms with Crippen molar-refractivity contribution in [3.63, 3.8) is 0 Å². The summed E-state index contributed by atoms with van der Waals surface area (Å²) in [6, 6.07) is 8.14. The van der Waals surface area contributed by atoms with Crippen LogP contribution in [0.1, 0.15) is 91.5 Å². The van der Waals surface area contributed by atoms with Crippen molar-refractivity contribution in [3.05, 3.63) is 34.9 Å². The molecule has 1 amide bonds. The van der Waals surface area contributed by atoms with Crippen molar-refractivity contribution in [2.45, 2.75) is 108 Å². The first-order valence-corrected chi connectivity index (χ1v) is 14.3. The minimum atomic E-state index is -3.38. The van der Waals surface area contributed by atoms with Crippen molar-refractivity contribution < 1.29 is 13.2 Å². The van der Waals surface area contributed by atoms with Crippen LogP contribution in [0, 0.1) is 11.8 Å².